The Hall–Kier alpha value is -0.100. The molecule has 1 heterocycles. The van der Waals surface area contributed by atoms with Gasteiger partial charge in [-0.15, -0.1) is 0 Å². The molecule has 14 heavy (non-hydrogen) atoms. The van der Waals surface area contributed by atoms with Crippen LogP contribution < -0.4 is 4.74 Å². The van der Waals surface area contributed by atoms with Gasteiger partial charge in [0.15, 0.2) is 5.78 Å². The molecule has 2 rings (SSSR count). The monoisotopic (exact) mass is 366 g/mol. The number of ketones is 1. The summed E-state index contributed by atoms with van der Waals surface area (Å²) >= 11 is 5.32. The third kappa shape index (κ3) is 1.82. The first kappa shape index (κ1) is 10.4. The van der Waals surface area contributed by atoms with Crippen LogP contribution in [0, 0.1) is 0 Å². The van der Waals surface area contributed by atoms with E-state index in [0.29, 0.717) is 12.2 Å². The zero-order chi connectivity index (χ0) is 10.1. The first-order valence-electron chi connectivity index (χ1n) is 4.27. The van der Waals surface area contributed by atoms with Gasteiger partial charge in [-0.2, -0.15) is 0 Å². The SMILES string of the molecule is O=C(c1cccc2c1OCC2)C(Br)I. The number of Topliss-reactive ketones (excluding diaryl/α,β-unsaturated/α-hetero) is 1. The molecule has 1 unspecified atom stereocenters. The van der Waals surface area contributed by atoms with Crippen molar-refractivity contribution in [3.63, 3.8) is 0 Å². The van der Waals surface area contributed by atoms with E-state index in [4.69, 9.17) is 4.74 Å². The predicted molar refractivity (Wildman–Crippen MR) is 66.7 cm³/mol. The van der Waals surface area contributed by atoms with Gasteiger partial charge in [0, 0.05) is 6.42 Å². The molecule has 0 aromatic heterocycles. The minimum atomic E-state index is -0.184. The zero-order valence-corrected chi connectivity index (χ0v) is 11.0. The molecule has 2 nitrogen and oxygen atoms in total. The number of benzene rings is 1. The number of halogens is 2. The van der Waals surface area contributed by atoms with Gasteiger partial charge in [-0.3, -0.25) is 4.79 Å². The molecule has 0 spiro atoms. The molecule has 1 aromatic rings. The molecule has 1 aliphatic heterocycles. The molecule has 1 aromatic carbocycles. The van der Waals surface area contributed by atoms with Gasteiger partial charge in [0.1, 0.15) is 8.58 Å². The van der Waals surface area contributed by atoms with Gasteiger partial charge in [-0.25, -0.2) is 0 Å². The average molecular weight is 367 g/mol. The van der Waals surface area contributed by atoms with Crippen LogP contribution in [-0.2, 0) is 6.42 Å². The van der Waals surface area contributed by atoms with Crippen molar-refractivity contribution in [2.24, 2.45) is 0 Å². The van der Waals surface area contributed by atoms with Crippen molar-refractivity contribution in [3.05, 3.63) is 29.3 Å². The van der Waals surface area contributed by atoms with Crippen LogP contribution in [0.4, 0.5) is 0 Å². The van der Waals surface area contributed by atoms with Gasteiger partial charge < -0.3 is 4.74 Å². The molecule has 1 atom stereocenters. The van der Waals surface area contributed by atoms with Crippen LogP contribution in [0.3, 0.4) is 0 Å². The Bertz CT molecular complexity index is 376. The molecule has 74 valence electrons. The lowest BCUT2D eigenvalue weighted by molar-refractivity contribution is 0.101. The maximum absolute atomic E-state index is 11.8. The fraction of sp³-hybridized carbons (Fsp3) is 0.300. The smallest absolute Gasteiger partial charge is 0.190 e. The lowest BCUT2D eigenvalue weighted by Gasteiger charge is -2.07. The third-order valence-corrected chi connectivity index (χ3v) is 3.16. The summed E-state index contributed by atoms with van der Waals surface area (Å²) < 4.78 is 5.27. The number of para-hydroxylation sites is 1. The van der Waals surface area contributed by atoms with Crippen LogP contribution in [0.15, 0.2) is 18.2 Å². The van der Waals surface area contributed by atoms with Gasteiger partial charge in [0.25, 0.3) is 0 Å². The predicted octanol–water partition coefficient (Wildman–Crippen LogP) is 2.96. The summed E-state index contributed by atoms with van der Waals surface area (Å²) in [5, 5.41) is 0. The lowest BCUT2D eigenvalue weighted by atomic mass is 10.1. The molecule has 0 saturated carbocycles. The molecule has 0 radical (unpaired) electrons. The van der Waals surface area contributed by atoms with Crippen molar-refractivity contribution >= 4 is 44.3 Å². The molecule has 0 fully saturated rings. The van der Waals surface area contributed by atoms with E-state index in [1.54, 1.807) is 0 Å². The van der Waals surface area contributed by atoms with Gasteiger partial charge in [-0.05, 0) is 11.6 Å². The molecule has 0 amide bonds. The van der Waals surface area contributed by atoms with Crippen molar-refractivity contribution in [2.75, 3.05) is 6.61 Å². The van der Waals surface area contributed by atoms with E-state index in [9.17, 15) is 4.79 Å². The highest BCUT2D eigenvalue weighted by Crippen LogP contribution is 2.31. The number of ether oxygens (including phenoxy) is 1. The van der Waals surface area contributed by atoms with E-state index in [2.05, 4.69) is 15.9 Å². The summed E-state index contributed by atoms with van der Waals surface area (Å²) in [4.78, 5) is 11.8. The molecular weight excluding hydrogens is 359 g/mol. The van der Waals surface area contributed by atoms with Gasteiger partial charge in [-0.1, -0.05) is 50.7 Å². The van der Waals surface area contributed by atoms with Gasteiger partial charge in [0.2, 0.25) is 0 Å². The highest BCUT2D eigenvalue weighted by molar-refractivity contribution is 14.1. The summed E-state index contributed by atoms with van der Waals surface area (Å²) in [5.74, 6) is 0.850. The number of rotatable bonds is 2. The summed E-state index contributed by atoms with van der Waals surface area (Å²) in [6.07, 6.45) is 0.907. The van der Waals surface area contributed by atoms with Crippen molar-refractivity contribution in [1.82, 2.24) is 0 Å². The standard InChI is InChI=1S/C10H8BrIO2/c11-10(12)8(13)7-3-1-2-6-4-5-14-9(6)7/h1-3,10H,4-5H2. The first-order chi connectivity index (χ1) is 6.70. The van der Waals surface area contributed by atoms with Crippen LogP contribution >= 0.6 is 38.5 Å². The molecular formula is C10H8BrIO2. The largest absolute Gasteiger partial charge is 0.492 e. The second-order valence-electron chi connectivity index (χ2n) is 3.06. The number of carbonyl (C=O) groups excluding carboxylic acids is 1. The van der Waals surface area contributed by atoms with E-state index in [-0.39, 0.29) is 8.62 Å². The quantitative estimate of drug-likeness (QED) is 0.457. The van der Waals surface area contributed by atoms with E-state index >= 15 is 0 Å². The Morgan fingerprint density at radius 3 is 3.07 bits per heavy atom. The minimum Gasteiger partial charge on any atom is -0.492 e. The van der Waals surface area contributed by atoms with Crippen molar-refractivity contribution in [2.45, 2.75) is 9.25 Å². The summed E-state index contributed by atoms with van der Waals surface area (Å²) in [7, 11) is 0. The highest BCUT2D eigenvalue weighted by Gasteiger charge is 2.23. The Labute approximate surface area is 104 Å². The normalized spacial score (nSPS) is 15.9. The van der Waals surface area contributed by atoms with Crippen LogP contribution in [0.25, 0.3) is 0 Å². The van der Waals surface area contributed by atoms with Crippen LogP contribution in [0.1, 0.15) is 15.9 Å². The molecule has 4 heteroatoms. The maximum Gasteiger partial charge on any atom is 0.190 e. The van der Waals surface area contributed by atoms with E-state index in [1.165, 1.54) is 0 Å². The molecule has 0 saturated heterocycles. The van der Waals surface area contributed by atoms with Crippen molar-refractivity contribution < 1.29 is 9.53 Å². The Morgan fingerprint density at radius 1 is 1.57 bits per heavy atom. The number of alkyl halides is 2. The maximum atomic E-state index is 11.8. The minimum absolute atomic E-state index is 0.0735. The first-order valence-corrected chi connectivity index (χ1v) is 6.43. The fourth-order valence-electron chi connectivity index (χ4n) is 1.53. The second-order valence-corrected chi connectivity index (χ2v) is 6.93. The molecule has 0 bridgehead atoms. The molecule has 1 aliphatic rings. The van der Waals surface area contributed by atoms with Gasteiger partial charge in [0.05, 0.1) is 12.2 Å². The summed E-state index contributed by atoms with van der Waals surface area (Å²) in [6.45, 7) is 0.688. The van der Waals surface area contributed by atoms with E-state index in [1.807, 2.05) is 40.8 Å². The average Bonchev–Trinajstić information content (AvgIpc) is 2.63. The number of carbonyl (C=O) groups is 1. The Morgan fingerprint density at radius 2 is 2.36 bits per heavy atom. The Kier molecular flexibility index (Phi) is 3.11. The number of hydrogen-bond acceptors (Lipinski definition) is 2. The number of fused-ring (bicyclic) bond motifs is 1. The fourth-order valence-corrected chi connectivity index (χ4v) is 2.11. The van der Waals surface area contributed by atoms with E-state index in [0.717, 1.165) is 17.7 Å². The van der Waals surface area contributed by atoms with Crippen LogP contribution in [-0.4, -0.2) is 15.2 Å². The van der Waals surface area contributed by atoms with Crippen molar-refractivity contribution in [1.29, 1.82) is 0 Å². The van der Waals surface area contributed by atoms with Gasteiger partial charge >= 0.3 is 0 Å². The van der Waals surface area contributed by atoms with Crippen LogP contribution in [0.2, 0.25) is 0 Å². The second kappa shape index (κ2) is 4.18. The number of hydrogen-bond donors (Lipinski definition) is 0. The van der Waals surface area contributed by atoms with Crippen molar-refractivity contribution in [3.8, 4) is 5.75 Å². The summed E-state index contributed by atoms with van der Waals surface area (Å²) in [6, 6.07) is 5.74. The van der Waals surface area contributed by atoms with E-state index < -0.39 is 0 Å². The Balaban J connectivity index is 2.44. The zero-order valence-electron chi connectivity index (χ0n) is 7.30. The van der Waals surface area contributed by atoms with Crippen LogP contribution in [0.5, 0.6) is 5.75 Å². The summed E-state index contributed by atoms with van der Waals surface area (Å²) in [5.41, 5.74) is 1.83. The lowest BCUT2D eigenvalue weighted by Crippen LogP contribution is -2.08. The third-order valence-electron chi connectivity index (χ3n) is 2.18. The topological polar surface area (TPSA) is 26.3 Å². The highest BCUT2D eigenvalue weighted by atomic mass is 127. The molecule has 0 aliphatic carbocycles. The molecule has 0 N–H and O–H groups in total.